The monoisotopic (exact) mass is 1210 g/mol. The van der Waals surface area contributed by atoms with Gasteiger partial charge in [0.25, 0.3) is 0 Å². The summed E-state index contributed by atoms with van der Waals surface area (Å²) in [5.74, 6) is 0. The molecule has 0 spiro atoms. The molecule has 0 unspecified atom stereocenters. The number of aromatic nitrogens is 4. The zero-order chi connectivity index (χ0) is 63.1. The van der Waals surface area contributed by atoms with Crippen LogP contribution in [0, 0.1) is 0 Å². The van der Waals surface area contributed by atoms with Crippen LogP contribution >= 0.6 is 0 Å². The highest BCUT2D eigenvalue weighted by atomic mass is 15.0. The second-order valence-corrected chi connectivity index (χ2v) is 22.6. The predicted molar refractivity (Wildman–Crippen MR) is 397 cm³/mol. The van der Waals surface area contributed by atoms with E-state index in [4.69, 9.17) is 0 Å². The maximum atomic E-state index is 4.15. The average molecular weight is 1210 g/mol. The molecule has 13 aromatic carbocycles. The Kier molecular flexibility index (Phi) is 17.8. The number of nitrogens with one attached hydrogen (secondary N) is 4. The van der Waals surface area contributed by atoms with Gasteiger partial charge in [0.2, 0.25) is 0 Å². The van der Waals surface area contributed by atoms with Gasteiger partial charge in [-0.05, 0) is 179 Å². The first-order valence-corrected chi connectivity index (χ1v) is 31.5. The molecule has 4 heterocycles. The number of para-hydroxylation sites is 7. The number of pyridine rings is 2. The lowest BCUT2D eigenvalue weighted by molar-refractivity contribution is 1.18. The molecule has 0 aliphatic rings. The lowest BCUT2D eigenvalue weighted by Crippen LogP contribution is -1.94. The highest BCUT2D eigenvalue weighted by molar-refractivity contribution is 6.11. The van der Waals surface area contributed by atoms with Crippen LogP contribution in [0.4, 0.5) is 45.5 Å². The van der Waals surface area contributed by atoms with Gasteiger partial charge in [-0.2, -0.15) is 0 Å². The van der Waals surface area contributed by atoms with E-state index < -0.39 is 0 Å². The first-order valence-electron chi connectivity index (χ1n) is 31.5. The molecule has 94 heavy (non-hydrogen) atoms. The first-order chi connectivity index (χ1) is 46.6. The van der Waals surface area contributed by atoms with Crippen molar-refractivity contribution in [3.05, 3.63) is 377 Å². The van der Waals surface area contributed by atoms with E-state index in [0.717, 1.165) is 56.4 Å². The van der Waals surface area contributed by atoms with Crippen LogP contribution in [0.3, 0.4) is 0 Å². The molecule has 8 nitrogen and oxygen atoms in total. The minimum absolute atomic E-state index is 1.08. The quantitative estimate of drug-likeness (QED) is 0.0976. The number of anilines is 8. The molecular formula is C86H66N8. The van der Waals surface area contributed by atoms with Gasteiger partial charge in [-0.3, -0.25) is 9.97 Å². The lowest BCUT2D eigenvalue weighted by Gasteiger charge is -2.10. The second-order valence-electron chi connectivity index (χ2n) is 22.6. The molecule has 0 amide bonds. The normalized spacial score (nSPS) is 10.8. The van der Waals surface area contributed by atoms with Gasteiger partial charge in [0, 0.05) is 109 Å². The molecule has 17 rings (SSSR count). The van der Waals surface area contributed by atoms with Gasteiger partial charge in [-0.1, -0.05) is 200 Å². The summed E-state index contributed by atoms with van der Waals surface area (Å²) >= 11 is 0. The first kappa shape index (κ1) is 58.9. The van der Waals surface area contributed by atoms with Crippen molar-refractivity contribution in [3.63, 3.8) is 0 Å². The van der Waals surface area contributed by atoms with E-state index in [-0.39, 0.29) is 0 Å². The van der Waals surface area contributed by atoms with Crippen molar-refractivity contribution in [1.82, 2.24) is 19.1 Å². The molecule has 450 valence electrons. The summed E-state index contributed by atoms with van der Waals surface area (Å²) in [4.78, 5) is 8.29. The molecule has 4 aromatic heterocycles. The van der Waals surface area contributed by atoms with Crippen LogP contribution < -0.4 is 21.3 Å². The number of rotatable bonds is 12. The minimum Gasteiger partial charge on any atom is -0.356 e. The van der Waals surface area contributed by atoms with E-state index in [0.29, 0.717) is 0 Å². The van der Waals surface area contributed by atoms with E-state index in [9.17, 15) is 0 Å². The van der Waals surface area contributed by atoms with Crippen molar-refractivity contribution in [2.45, 2.75) is 0 Å². The Morgan fingerprint density at radius 3 is 1.22 bits per heavy atom. The zero-order valence-electron chi connectivity index (χ0n) is 51.6. The fourth-order valence-corrected chi connectivity index (χ4v) is 11.9. The Balaban J connectivity index is 0.000000109. The van der Waals surface area contributed by atoms with Crippen molar-refractivity contribution in [2.24, 2.45) is 0 Å². The van der Waals surface area contributed by atoms with Crippen LogP contribution in [0.25, 0.3) is 88.0 Å². The molecule has 0 bridgehead atoms. The maximum absolute atomic E-state index is 4.15. The van der Waals surface area contributed by atoms with E-state index in [1.807, 2.05) is 91.4 Å². The van der Waals surface area contributed by atoms with Crippen LogP contribution in [-0.2, 0) is 0 Å². The highest BCUT2D eigenvalue weighted by Crippen LogP contribution is 2.37. The third-order valence-corrected chi connectivity index (χ3v) is 16.3. The molecule has 4 N–H and O–H groups in total. The standard InChI is InChI=1S/2C24H18N2.C21H16N2.C17H14N2/c1-3-9-18(10-4-1)25-19-15-16-24-22(17-19)21-13-7-8-14-23(21)26(24)20-11-5-2-6-12-20;1-3-9-18(10-4-1)25-19-15-16-22-21-13-7-8-14-23(21)26(24(22)17-19)20-11-5-2-6-12-20;1-2-5-16(6-3-1)17-7-4-8-20(13-17)23-21-10-9-19-15-22-12-11-18(19)14-21;1-2-6-16(7-3-1)19-17-10-8-14(9-11-17)15-5-4-12-18-13-15/h2*1-17,25H;1-15,23H;1-13,19H. The average Bonchev–Trinajstić information content (AvgIpc) is 1.61. The van der Waals surface area contributed by atoms with Gasteiger partial charge < -0.3 is 30.4 Å². The number of hydrogen-bond donors (Lipinski definition) is 4. The second kappa shape index (κ2) is 28.4. The third kappa shape index (κ3) is 13.8. The topological polar surface area (TPSA) is 83.8 Å². The molecule has 0 saturated heterocycles. The summed E-state index contributed by atoms with van der Waals surface area (Å²) in [5.41, 5.74) is 20.7. The van der Waals surface area contributed by atoms with Crippen molar-refractivity contribution < 1.29 is 0 Å². The molecule has 8 heteroatoms. The summed E-state index contributed by atoms with van der Waals surface area (Å²) in [6.45, 7) is 0. The van der Waals surface area contributed by atoms with Gasteiger partial charge in [0.1, 0.15) is 0 Å². The van der Waals surface area contributed by atoms with Crippen LogP contribution in [0.5, 0.6) is 0 Å². The van der Waals surface area contributed by atoms with E-state index in [1.54, 1.807) is 6.20 Å². The molecule has 0 aliphatic heterocycles. The smallest absolute Gasteiger partial charge is 0.0561 e. The Morgan fingerprint density at radius 2 is 0.606 bits per heavy atom. The van der Waals surface area contributed by atoms with Crippen LogP contribution in [0.15, 0.2) is 377 Å². The summed E-state index contributed by atoms with van der Waals surface area (Å²) in [6, 6.07) is 122. The van der Waals surface area contributed by atoms with Gasteiger partial charge in [-0.25, -0.2) is 0 Å². The SMILES string of the molecule is c1ccc(-c2cccc(Nc3ccc4cnccc4c3)c2)cc1.c1ccc(Nc2ccc(-c3cccnc3)cc2)cc1.c1ccc(Nc2ccc3c(c2)c2ccccc2n3-c2ccccc2)cc1.c1ccc(Nc2ccc3c4ccccc4n(-c4ccccc4)c3c2)cc1. The third-order valence-electron chi connectivity index (χ3n) is 16.3. The predicted octanol–water partition coefficient (Wildman–Crippen LogP) is 23.2. The Hall–Kier alpha value is -12.8. The molecule has 0 atom stereocenters. The Morgan fingerprint density at radius 1 is 0.202 bits per heavy atom. The van der Waals surface area contributed by atoms with Gasteiger partial charge >= 0.3 is 0 Å². The lowest BCUT2D eigenvalue weighted by atomic mass is 10.1. The molecule has 17 aromatic rings. The number of fused-ring (bicyclic) bond motifs is 7. The van der Waals surface area contributed by atoms with Gasteiger partial charge in [0.05, 0.1) is 22.1 Å². The van der Waals surface area contributed by atoms with Crippen molar-refractivity contribution >= 4 is 99.9 Å². The highest BCUT2D eigenvalue weighted by Gasteiger charge is 2.15. The number of nitrogens with zero attached hydrogens (tertiary/aromatic N) is 4. The fourth-order valence-electron chi connectivity index (χ4n) is 11.9. The Bertz CT molecular complexity index is 5270. The van der Waals surface area contributed by atoms with E-state index in [1.165, 1.54) is 77.1 Å². The molecule has 0 saturated carbocycles. The summed E-state index contributed by atoms with van der Waals surface area (Å²) in [5, 5.41) is 21.3. The largest absolute Gasteiger partial charge is 0.356 e. The van der Waals surface area contributed by atoms with E-state index in [2.05, 4.69) is 319 Å². The van der Waals surface area contributed by atoms with Crippen LogP contribution in [0.1, 0.15) is 0 Å². The van der Waals surface area contributed by atoms with Gasteiger partial charge in [0.15, 0.2) is 0 Å². The molecule has 0 fully saturated rings. The Labute approximate surface area is 547 Å². The van der Waals surface area contributed by atoms with Crippen LogP contribution in [0.2, 0.25) is 0 Å². The fraction of sp³-hybridized carbons (Fsp3) is 0. The van der Waals surface area contributed by atoms with E-state index >= 15 is 0 Å². The van der Waals surface area contributed by atoms with Gasteiger partial charge in [-0.15, -0.1) is 0 Å². The number of benzene rings is 13. The molecule has 0 aliphatic carbocycles. The zero-order valence-corrected chi connectivity index (χ0v) is 51.6. The molecular weight excluding hydrogens is 1150 g/mol. The molecule has 0 radical (unpaired) electrons. The van der Waals surface area contributed by atoms with Crippen LogP contribution in [-0.4, -0.2) is 19.1 Å². The maximum Gasteiger partial charge on any atom is 0.0561 e. The minimum atomic E-state index is 1.08. The number of hydrogen-bond acceptors (Lipinski definition) is 6. The van der Waals surface area contributed by atoms with Crippen molar-refractivity contribution in [1.29, 1.82) is 0 Å². The van der Waals surface area contributed by atoms with Crippen molar-refractivity contribution in [2.75, 3.05) is 21.3 Å². The summed E-state index contributed by atoms with van der Waals surface area (Å²) in [6.07, 6.45) is 7.37. The van der Waals surface area contributed by atoms with Crippen molar-refractivity contribution in [3.8, 4) is 33.6 Å². The summed E-state index contributed by atoms with van der Waals surface area (Å²) in [7, 11) is 0. The summed E-state index contributed by atoms with van der Waals surface area (Å²) < 4.78 is 4.66.